The lowest BCUT2D eigenvalue weighted by atomic mass is 9.81. The number of carboxylic acid groups (broad SMARTS) is 1. The molecule has 0 saturated carbocycles. The van der Waals surface area contributed by atoms with Crippen LogP contribution >= 0.6 is 0 Å². The van der Waals surface area contributed by atoms with Gasteiger partial charge in [0.1, 0.15) is 11.1 Å². The Morgan fingerprint density at radius 2 is 2.23 bits per heavy atom. The number of carbonyl (C=O) groups is 2. The molecule has 1 saturated heterocycles. The summed E-state index contributed by atoms with van der Waals surface area (Å²) in [6.45, 7) is 8.47. The molecule has 1 aromatic heterocycles. The molecule has 0 spiro atoms. The zero-order valence-electron chi connectivity index (χ0n) is 14.4. The van der Waals surface area contributed by atoms with E-state index in [1.165, 1.54) is 17.9 Å². The van der Waals surface area contributed by atoms with Crippen LogP contribution in [-0.2, 0) is 4.74 Å². The van der Waals surface area contributed by atoms with Gasteiger partial charge < -0.3 is 24.0 Å². The van der Waals surface area contributed by atoms with Crippen LogP contribution in [0.2, 0.25) is 0 Å². The molecule has 1 fully saturated rings. The van der Waals surface area contributed by atoms with Crippen molar-refractivity contribution < 1.29 is 24.2 Å². The first-order chi connectivity index (χ1) is 12.4. The summed E-state index contributed by atoms with van der Waals surface area (Å²) >= 11 is 0. The number of fused-ring (bicyclic) bond motifs is 3. The van der Waals surface area contributed by atoms with Crippen molar-refractivity contribution in [3.05, 3.63) is 53.0 Å². The van der Waals surface area contributed by atoms with Crippen LogP contribution in [0.25, 0.3) is 0 Å². The van der Waals surface area contributed by atoms with Crippen molar-refractivity contribution >= 4 is 11.9 Å². The number of methoxy groups -OCH3 is 1. The summed E-state index contributed by atoms with van der Waals surface area (Å²) < 4.78 is 12.3. The molecule has 8 heteroatoms. The summed E-state index contributed by atoms with van der Waals surface area (Å²) in [5.74, 6) is -2.11. The topological polar surface area (TPSA) is 98.1 Å². The summed E-state index contributed by atoms with van der Waals surface area (Å²) in [5.41, 5.74) is -2.10. The third-order valence-corrected chi connectivity index (χ3v) is 5.02. The first-order valence-electron chi connectivity index (χ1n) is 8.13. The van der Waals surface area contributed by atoms with E-state index >= 15 is 0 Å². The Morgan fingerprint density at radius 1 is 1.50 bits per heavy atom. The molecule has 0 aliphatic carbocycles. The normalized spacial score (nSPS) is 24.4. The first kappa shape index (κ1) is 17.9. The molecule has 138 valence electrons. The lowest BCUT2D eigenvalue weighted by molar-refractivity contribution is -0.0520. The monoisotopic (exact) mass is 360 g/mol. The largest absolute Gasteiger partial charge is 0.491 e. The smallest absolute Gasteiger partial charge is 0.341 e. The molecule has 0 radical (unpaired) electrons. The Morgan fingerprint density at radius 3 is 2.81 bits per heavy atom. The van der Waals surface area contributed by atoms with Gasteiger partial charge in [-0.1, -0.05) is 12.2 Å². The van der Waals surface area contributed by atoms with Crippen molar-refractivity contribution in [3.63, 3.8) is 0 Å². The van der Waals surface area contributed by atoms with Gasteiger partial charge in [-0.15, -0.1) is 13.2 Å². The molecule has 1 amide bonds. The molecule has 2 aliphatic rings. The number of amides is 1. The lowest BCUT2D eigenvalue weighted by Gasteiger charge is -2.53. The van der Waals surface area contributed by atoms with Gasteiger partial charge in [-0.3, -0.25) is 9.59 Å². The quantitative estimate of drug-likeness (QED) is 0.789. The molecule has 26 heavy (non-hydrogen) atoms. The predicted molar refractivity (Wildman–Crippen MR) is 92.8 cm³/mol. The zero-order valence-corrected chi connectivity index (χ0v) is 14.4. The third kappa shape index (κ3) is 2.29. The number of nitrogens with zero attached hydrogens (tertiary/aromatic N) is 2. The molecule has 0 bridgehead atoms. The first-order valence-corrected chi connectivity index (χ1v) is 8.13. The highest BCUT2D eigenvalue weighted by Crippen LogP contribution is 2.43. The van der Waals surface area contributed by atoms with Crippen LogP contribution in [0.5, 0.6) is 5.75 Å². The minimum Gasteiger partial charge on any atom is -0.491 e. The zero-order chi connectivity index (χ0) is 19.1. The maximum Gasteiger partial charge on any atom is 0.341 e. The number of aromatic carboxylic acids is 1. The van der Waals surface area contributed by atoms with Gasteiger partial charge in [-0.2, -0.15) is 0 Å². The van der Waals surface area contributed by atoms with Crippen LogP contribution in [0, 0.1) is 0 Å². The highest BCUT2D eigenvalue weighted by molar-refractivity contribution is 5.98. The van der Waals surface area contributed by atoms with Crippen LogP contribution < -0.4 is 10.2 Å². The fourth-order valence-electron chi connectivity index (χ4n) is 3.82. The van der Waals surface area contributed by atoms with Crippen LogP contribution in [-0.4, -0.2) is 58.9 Å². The molecule has 0 aromatic carbocycles. The summed E-state index contributed by atoms with van der Waals surface area (Å²) in [4.78, 5) is 38.8. The average molecular weight is 360 g/mol. The average Bonchev–Trinajstić information content (AvgIpc) is 2.64. The van der Waals surface area contributed by atoms with E-state index in [0.29, 0.717) is 13.0 Å². The number of carboxylic acids is 1. The van der Waals surface area contributed by atoms with Gasteiger partial charge in [0.2, 0.25) is 5.43 Å². The fourth-order valence-corrected chi connectivity index (χ4v) is 3.82. The van der Waals surface area contributed by atoms with Gasteiger partial charge in [0.05, 0.1) is 19.8 Å². The molecule has 3 rings (SSSR count). The molecule has 8 nitrogen and oxygen atoms in total. The highest BCUT2D eigenvalue weighted by atomic mass is 16.5. The van der Waals surface area contributed by atoms with E-state index in [9.17, 15) is 19.5 Å². The molecule has 3 heterocycles. The molecule has 2 aliphatic heterocycles. The number of rotatable bonds is 5. The minimum absolute atomic E-state index is 0.0359. The predicted octanol–water partition coefficient (Wildman–Crippen LogP) is 1.08. The van der Waals surface area contributed by atoms with Crippen molar-refractivity contribution in [2.24, 2.45) is 0 Å². The van der Waals surface area contributed by atoms with Gasteiger partial charge in [0, 0.05) is 19.3 Å². The maximum absolute atomic E-state index is 13.2. The van der Waals surface area contributed by atoms with Crippen molar-refractivity contribution in [2.75, 3.05) is 26.9 Å². The molecule has 2 atom stereocenters. The van der Waals surface area contributed by atoms with Crippen LogP contribution in [0.1, 0.15) is 33.3 Å². The van der Waals surface area contributed by atoms with Crippen LogP contribution in [0.3, 0.4) is 0 Å². The Bertz CT molecular complexity index is 858. The van der Waals surface area contributed by atoms with Crippen molar-refractivity contribution in [1.29, 1.82) is 0 Å². The number of aromatic nitrogens is 1. The molecule has 1 aromatic rings. The standard InChI is InChI=1S/C18H20N2O6/c1-4-7-20-16(22)13-15(25-3)14(21)11(17(23)24)9-19(13)12-6-8-26-10-18(12,20)5-2/h4-5,9,12H,1-2,6-8,10H2,3H3,(H,23,24)/t12-,18+/m0/s1. The van der Waals surface area contributed by atoms with Crippen LogP contribution in [0.15, 0.2) is 36.3 Å². The number of carbonyl (C=O) groups excluding carboxylic acids is 1. The molecular formula is C18H20N2O6. The SMILES string of the molecule is C=CCN1C(=O)c2c(OC)c(=O)c(C(=O)O)cn2[C@H]2CCOC[C@]21C=C. The van der Waals surface area contributed by atoms with E-state index in [2.05, 4.69) is 13.2 Å². The van der Waals surface area contributed by atoms with E-state index in [0.717, 1.165) is 0 Å². The third-order valence-electron chi connectivity index (χ3n) is 5.02. The van der Waals surface area contributed by atoms with Crippen molar-refractivity contribution in [3.8, 4) is 5.75 Å². The number of hydrogen-bond acceptors (Lipinski definition) is 5. The summed E-state index contributed by atoms with van der Waals surface area (Å²) in [7, 11) is 1.24. The van der Waals surface area contributed by atoms with E-state index in [-0.39, 0.29) is 30.6 Å². The minimum atomic E-state index is -1.37. The van der Waals surface area contributed by atoms with E-state index < -0.39 is 28.4 Å². The van der Waals surface area contributed by atoms with E-state index in [4.69, 9.17) is 9.47 Å². The Kier molecular flexibility index (Phi) is 4.45. The molecule has 0 unspecified atom stereocenters. The maximum atomic E-state index is 13.2. The second kappa shape index (κ2) is 6.45. The number of pyridine rings is 1. The van der Waals surface area contributed by atoms with E-state index in [1.54, 1.807) is 17.1 Å². The summed E-state index contributed by atoms with van der Waals surface area (Å²) in [6.07, 6.45) is 4.97. The Balaban J connectivity index is 2.38. The number of ether oxygens (including phenoxy) is 2. The van der Waals surface area contributed by atoms with Crippen molar-refractivity contribution in [2.45, 2.75) is 18.0 Å². The summed E-state index contributed by atoms with van der Waals surface area (Å²) in [6, 6.07) is -0.339. The lowest BCUT2D eigenvalue weighted by Crippen LogP contribution is -2.64. The Hall–Kier alpha value is -2.87. The van der Waals surface area contributed by atoms with E-state index in [1.807, 2.05) is 0 Å². The van der Waals surface area contributed by atoms with Crippen molar-refractivity contribution in [1.82, 2.24) is 9.47 Å². The fraction of sp³-hybridized carbons (Fsp3) is 0.389. The van der Waals surface area contributed by atoms with Gasteiger partial charge in [-0.05, 0) is 6.42 Å². The molecular weight excluding hydrogens is 340 g/mol. The van der Waals surface area contributed by atoms with Gasteiger partial charge >= 0.3 is 5.97 Å². The van der Waals surface area contributed by atoms with Gasteiger partial charge in [0.25, 0.3) is 5.91 Å². The highest BCUT2D eigenvalue weighted by Gasteiger charge is 2.52. The van der Waals surface area contributed by atoms with Gasteiger partial charge in [0.15, 0.2) is 11.4 Å². The summed E-state index contributed by atoms with van der Waals surface area (Å²) in [5, 5.41) is 9.38. The number of hydrogen-bond donors (Lipinski definition) is 1. The second-order valence-electron chi connectivity index (χ2n) is 6.22. The molecule has 1 N–H and O–H groups in total. The van der Waals surface area contributed by atoms with Gasteiger partial charge in [-0.25, -0.2) is 4.79 Å². The van der Waals surface area contributed by atoms with Crippen LogP contribution in [0.4, 0.5) is 0 Å². The Labute approximate surface area is 149 Å². The second-order valence-corrected chi connectivity index (χ2v) is 6.22.